The van der Waals surface area contributed by atoms with Crippen molar-refractivity contribution in [3.8, 4) is 11.3 Å². The fraction of sp³-hybridized carbons (Fsp3) is 0.200. The fourth-order valence-electron chi connectivity index (χ4n) is 1.75. The molecule has 0 radical (unpaired) electrons. The van der Waals surface area contributed by atoms with Crippen molar-refractivity contribution >= 4 is 11.7 Å². The molecule has 0 fully saturated rings. The number of pyridine rings is 1. The lowest BCUT2D eigenvalue weighted by Gasteiger charge is -2.09. The number of hydrogen-bond acceptors (Lipinski definition) is 4. The third-order valence-electron chi connectivity index (χ3n) is 2.69. The first-order valence-electron chi connectivity index (χ1n) is 6.21. The quantitative estimate of drug-likeness (QED) is 0.854. The van der Waals surface area contributed by atoms with Gasteiger partial charge in [-0.05, 0) is 12.5 Å². The number of ether oxygens (including phenoxy) is 1. The van der Waals surface area contributed by atoms with Gasteiger partial charge in [0.1, 0.15) is 0 Å². The third kappa shape index (κ3) is 2.91. The maximum absolute atomic E-state index is 11.9. The molecule has 1 aromatic heterocycles. The van der Waals surface area contributed by atoms with Gasteiger partial charge in [-0.15, -0.1) is 0 Å². The molecule has 4 heteroatoms. The average molecular weight is 256 g/mol. The second-order valence-corrected chi connectivity index (χ2v) is 4.12. The van der Waals surface area contributed by atoms with Crippen LogP contribution in [0.2, 0.25) is 0 Å². The highest BCUT2D eigenvalue weighted by Gasteiger charge is 2.15. The van der Waals surface area contributed by atoms with Crippen LogP contribution in [0.1, 0.15) is 23.7 Å². The van der Waals surface area contributed by atoms with Gasteiger partial charge in [-0.2, -0.15) is 0 Å². The van der Waals surface area contributed by atoms with E-state index in [4.69, 9.17) is 10.5 Å². The first kappa shape index (κ1) is 13.1. The first-order valence-corrected chi connectivity index (χ1v) is 6.21. The average Bonchev–Trinajstić information content (AvgIpc) is 2.46. The van der Waals surface area contributed by atoms with Gasteiger partial charge in [-0.25, -0.2) is 4.79 Å². The molecule has 0 bridgehead atoms. The number of nitrogen functional groups attached to an aromatic ring is 1. The summed E-state index contributed by atoms with van der Waals surface area (Å²) in [5, 5.41) is 0. The van der Waals surface area contributed by atoms with Crippen molar-refractivity contribution in [2.24, 2.45) is 0 Å². The highest BCUT2D eigenvalue weighted by Crippen LogP contribution is 2.26. The minimum Gasteiger partial charge on any atom is -0.462 e. The minimum absolute atomic E-state index is 0.356. The van der Waals surface area contributed by atoms with Gasteiger partial charge in [-0.1, -0.05) is 37.3 Å². The Hall–Kier alpha value is -2.36. The number of nitrogens with two attached hydrogens (primary N) is 1. The number of aromatic nitrogens is 1. The largest absolute Gasteiger partial charge is 0.462 e. The number of benzene rings is 1. The molecule has 0 spiro atoms. The van der Waals surface area contributed by atoms with E-state index < -0.39 is 5.97 Å². The van der Waals surface area contributed by atoms with Crippen LogP contribution in [0.25, 0.3) is 11.3 Å². The Kier molecular flexibility index (Phi) is 4.13. The SMILES string of the molecule is CCCOC(=O)c1ccnc(-c2ccccc2)c1N. The zero-order valence-corrected chi connectivity index (χ0v) is 10.8. The predicted molar refractivity (Wildman–Crippen MR) is 74.7 cm³/mol. The summed E-state index contributed by atoms with van der Waals surface area (Å²) in [6.07, 6.45) is 2.35. The summed E-state index contributed by atoms with van der Waals surface area (Å²) in [6, 6.07) is 11.1. The fourth-order valence-corrected chi connectivity index (χ4v) is 1.75. The van der Waals surface area contributed by atoms with E-state index in [9.17, 15) is 4.79 Å². The van der Waals surface area contributed by atoms with Crippen LogP contribution in [-0.2, 0) is 4.74 Å². The van der Waals surface area contributed by atoms with Crippen LogP contribution < -0.4 is 5.73 Å². The van der Waals surface area contributed by atoms with Gasteiger partial charge in [0.2, 0.25) is 0 Å². The van der Waals surface area contributed by atoms with E-state index in [1.807, 2.05) is 37.3 Å². The first-order chi connectivity index (χ1) is 9.24. The topological polar surface area (TPSA) is 65.2 Å². The molecule has 0 aliphatic carbocycles. The van der Waals surface area contributed by atoms with E-state index in [-0.39, 0.29) is 0 Å². The van der Waals surface area contributed by atoms with Crippen molar-refractivity contribution in [1.82, 2.24) is 4.98 Å². The Labute approximate surface area is 112 Å². The van der Waals surface area contributed by atoms with Crippen molar-refractivity contribution in [2.45, 2.75) is 13.3 Å². The maximum atomic E-state index is 11.9. The van der Waals surface area contributed by atoms with Gasteiger partial charge < -0.3 is 10.5 Å². The highest BCUT2D eigenvalue weighted by molar-refractivity contribution is 5.98. The van der Waals surface area contributed by atoms with Crippen molar-refractivity contribution in [3.05, 3.63) is 48.2 Å². The number of anilines is 1. The summed E-state index contributed by atoms with van der Waals surface area (Å²) in [7, 11) is 0. The molecular formula is C15H16N2O2. The van der Waals surface area contributed by atoms with Gasteiger partial charge >= 0.3 is 5.97 Å². The molecule has 1 heterocycles. The molecule has 0 saturated carbocycles. The molecule has 0 atom stereocenters. The van der Waals surface area contributed by atoms with E-state index in [0.717, 1.165) is 12.0 Å². The summed E-state index contributed by atoms with van der Waals surface area (Å²) in [5.74, 6) is -0.404. The van der Waals surface area contributed by atoms with Crippen LogP contribution in [-0.4, -0.2) is 17.6 Å². The molecule has 2 rings (SSSR count). The number of hydrogen-bond donors (Lipinski definition) is 1. The number of rotatable bonds is 4. The number of esters is 1. The maximum Gasteiger partial charge on any atom is 0.340 e. The summed E-state index contributed by atoms with van der Waals surface area (Å²) < 4.78 is 5.10. The second-order valence-electron chi connectivity index (χ2n) is 4.12. The number of carbonyl (C=O) groups is 1. The van der Waals surface area contributed by atoms with Crippen LogP contribution in [0.5, 0.6) is 0 Å². The molecule has 19 heavy (non-hydrogen) atoms. The van der Waals surface area contributed by atoms with E-state index in [2.05, 4.69) is 4.98 Å². The summed E-state index contributed by atoms with van der Waals surface area (Å²) >= 11 is 0. The van der Waals surface area contributed by atoms with E-state index in [1.54, 1.807) is 12.3 Å². The Morgan fingerprint density at radius 3 is 2.68 bits per heavy atom. The van der Waals surface area contributed by atoms with Crippen molar-refractivity contribution in [2.75, 3.05) is 12.3 Å². The van der Waals surface area contributed by atoms with Crippen molar-refractivity contribution in [1.29, 1.82) is 0 Å². The zero-order valence-electron chi connectivity index (χ0n) is 10.8. The lowest BCUT2D eigenvalue weighted by atomic mass is 10.1. The smallest absolute Gasteiger partial charge is 0.340 e. The Morgan fingerprint density at radius 1 is 1.26 bits per heavy atom. The van der Waals surface area contributed by atoms with Gasteiger partial charge in [0, 0.05) is 11.8 Å². The molecule has 0 unspecified atom stereocenters. The Morgan fingerprint density at radius 2 is 2.00 bits per heavy atom. The lowest BCUT2D eigenvalue weighted by Crippen LogP contribution is -2.10. The minimum atomic E-state index is -0.404. The van der Waals surface area contributed by atoms with Gasteiger partial charge in [0.15, 0.2) is 0 Å². The van der Waals surface area contributed by atoms with Crippen LogP contribution in [0, 0.1) is 0 Å². The molecule has 0 aliphatic rings. The van der Waals surface area contributed by atoms with Crippen LogP contribution in [0.15, 0.2) is 42.6 Å². The van der Waals surface area contributed by atoms with E-state index in [1.165, 1.54) is 0 Å². The molecule has 0 amide bonds. The van der Waals surface area contributed by atoms with Gasteiger partial charge in [-0.3, -0.25) is 4.98 Å². The molecular weight excluding hydrogens is 240 g/mol. The summed E-state index contributed by atoms with van der Waals surface area (Å²) in [5.41, 5.74) is 8.23. The number of nitrogens with zero attached hydrogens (tertiary/aromatic N) is 1. The molecule has 2 aromatic rings. The molecule has 0 aliphatic heterocycles. The number of carbonyl (C=O) groups excluding carboxylic acids is 1. The second kappa shape index (κ2) is 6.00. The van der Waals surface area contributed by atoms with E-state index in [0.29, 0.717) is 23.6 Å². The van der Waals surface area contributed by atoms with Crippen LogP contribution in [0.3, 0.4) is 0 Å². The molecule has 4 nitrogen and oxygen atoms in total. The predicted octanol–water partition coefficient (Wildman–Crippen LogP) is 2.90. The molecule has 0 saturated heterocycles. The van der Waals surface area contributed by atoms with Crippen molar-refractivity contribution in [3.63, 3.8) is 0 Å². The zero-order chi connectivity index (χ0) is 13.7. The van der Waals surface area contributed by atoms with Gasteiger partial charge in [0.05, 0.1) is 23.6 Å². The Balaban J connectivity index is 2.36. The monoisotopic (exact) mass is 256 g/mol. The Bertz CT molecular complexity index is 568. The normalized spacial score (nSPS) is 10.2. The van der Waals surface area contributed by atoms with Crippen LogP contribution >= 0.6 is 0 Å². The van der Waals surface area contributed by atoms with Crippen molar-refractivity contribution < 1.29 is 9.53 Å². The van der Waals surface area contributed by atoms with Crippen LogP contribution in [0.4, 0.5) is 5.69 Å². The highest BCUT2D eigenvalue weighted by atomic mass is 16.5. The molecule has 2 N–H and O–H groups in total. The third-order valence-corrected chi connectivity index (χ3v) is 2.69. The standard InChI is InChI=1S/C15H16N2O2/c1-2-10-19-15(18)12-8-9-17-14(13(12)16)11-6-4-3-5-7-11/h3-9H,2,10,16H2,1H3. The lowest BCUT2D eigenvalue weighted by molar-refractivity contribution is 0.0506. The van der Waals surface area contributed by atoms with Gasteiger partial charge in [0.25, 0.3) is 0 Å². The molecule has 1 aromatic carbocycles. The summed E-state index contributed by atoms with van der Waals surface area (Å²) in [6.45, 7) is 2.33. The summed E-state index contributed by atoms with van der Waals surface area (Å²) in [4.78, 5) is 16.1. The molecule has 98 valence electrons. The van der Waals surface area contributed by atoms with E-state index >= 15 is 0 Å².